The van der Waals surface area contributed by atoms with E-state index >= 15 is 0 Å². The van der Waals surface area contributed by atoms with Gasteiger partial charge in [-0.25, -0.2) is 15.0 Å². The highest BCUT2D eigenvalue weighted by molar-refractivity contribution is 7.99. The van der Waals surface area contributed by atoms with Gasteiger partial charge in [-0.1, -0.05) is 0 Å². The minimum atomic E-state index is 0.369. The Kier molecular flexibility index (Phi) is 4.16. The summed E-state index contributed by atoms with van der Waals surface area (Å²) in [5.41, 5.74) is 0.845. The van der Waals surface area contributed by atoms with Crippen LogP contribution in [0.5, 0.6) is 0 Å². The Labute approximate surface area is 109 Å². The normalized spacial score (nSPS) is 10.6. The van der Waals surface area contributed by atoms with Crippen molar-refractivity contribution in [1.82, 2.24) is 15.0 Å². The molecule has 0 aromatic carbocycles. The number of methoxy groups -OCH3 is 1. The number of nitrogens with zero attached hydrogens (tertiary/aromatic N) is 3. The summed E-state index contributed by atoms with van der Waals surface area (Å²) < 4.78 is 10.3. The van der Waals surface area contributed by atoms with Crippen molar-refractivity contribution in [2.45, 2.75) is 23.8 Å². The molecule has 0 saturated carbocycles. The van der Waals surface area contributed by atoms with Gasteiger partial charge in [-0.3, -0.25) is 0 Å². The molecule has 0 spiro atoms. The first-order valence-corrected chi connectivity index (χ1v) is 6.17. The van der Waals surface area contributed by atoms with Gasteiger partial charge in [-0.05, 0) is 18.7 Å². The lowest BCUT2D eigenvalue weighted by atomic mass is 10.5. The van der Waals surface area contributed by atoms with Gasteiger partial charge in [0.15, 0.2) is 5.82 Å². The highest BCUT2D eigenvalue weighted by Crippen LogP contribution is 2.26. The van der Waals surface area contributed by atoms with Crippen LogP contribution in [0.25, 0.3) is 0 Å². The van der Waals surface area contributed by atoms with E-state index in [1.165, 1.54) is 11.8 Å². The van der Waals surface area contributed by atoms with Gasteiger partial charge in [0, 0.05) is 20.2 Å². The summed E-state index contributed by atoms with van der Waals surface area (Å²) in [6, 6.07) is 1.84. The second-order valence-electron chi connectivity index (χ2n) is 3.55. The smallest absolute Gasteiger partial charge is 0.262 e. The number of oxazole rings is 1. The van der Waals surface area contributed by atoms with Crippen LogP contribution in [-0.4, -0.2) is 29.1 Å². The fraction of sp³-hybridized carbons (Fsp3) is 0.364. The predicted octanol–water partition coefficient (Wildman–Crippen LogP) is 2.11. The van der Waals surface area contributed by atoms with E-state index in [1.807, 2.05) is 20.0 Å². The molecule has 2 aromatic rings. The standard InChI is InChI=1S/C11H14N4O2S/c1-7-5-17-11(13-7)18-10-4-8(12-2)14-9(15-10)6-16-3/h4-5H,6H2,1-3H3,(H,12,14,15). The summed E-state index contributed by atoms with van der Waals surface area (Å²) in [5, 5.41) is 4.32. The zero-order chi connectivity index (χ0) is 13.0. The average molecular weight is 266 g/mol. The molecule has 0 aliphatic rings. The van der Waals surface area contributed by atoms with E-state index in [9.17, 15) is 0 Å². The highest BCUT2D eigenvalue weighted by Gasteiger charge is 2.09. The molecule has 1 N–H and O–H groups in total. The topological polar surface area (TPSA) is 73.1 Å². The number of hydrogen-bond acceptors (Lipinski definition) is 7. The minimum Gasteiger partial charge on any atom is -0.439 e. The van der Waals surface area contributed by atoms with Gasteiger partial charge in [0.25, 0.3) is 5.22 Å². The molecule has 0 radical (unpaired) electrons. The van der Waals surface area contributed by atoms with Crippen molar-refractivity contribution in [3.05, 3.63) is 23.8 Å². The van der Waals surface area contributed by atoms with Crippen molar-refractivity contribution < 1.29 is 9.15 Å². The molecule has 0 atom stereocenters. The summed E-state index contributed by atoms with van der Waals surface area (Å²) >= 11 is 1.35. The van der Waals surface area contributed by atoms with E-state index in [0.29, 0.717) is 17.7 Å². The van der Waals surface area contributed by atoms with E-state index in [0.717, 1.165) is 16.5 Å². The van der Waals surface area contributed by atoms with Gasteiger partial charge in [0.1, 0.15) is 23.7 Å². The van der Waals surface area contributed by atoms with Crippen LogP contribution in [0, 0.1) is 6.92 Å². The quantitative estimate of drug-likeness (QED) is 0.831. The molecule has 0 aliphatic carbocycles. The fourth-order valence-electron chi connectivity index (χ4n) is 1.32. The lowest BCUT2D eigenvalue weighted by Crippen LogP contribution is -2.02. The Morgan fingerprint density at radius 2 is 2.22 bits per heavy atom. The van der Waals surface area contributed by atoms with Gasteiger partial charge in [0.05, 0.1) is 5.69 Å². The summed E-state index contributed by atoms with van der Waals surface area (Å²) in [5.74, 6) is 1.36. The van der Waals surface area contributed by atoms with Crippen LogP contribution in [0.4, 0.5) is 5.82 Å². The Morgan fingerprint density at radius 1 is 1.39 bits per heavy atom. The van der Waals surface area contributed by atoms with Crippen LogP contribution >= 0.6 is 11.8 Å². The zero-order valence-electron chi connectivity index (χ0n) is 10.4. The third kappa shape index (κ3) is 3.21. The zero-order valence-corrected chi connectivity index (χ0v) is 11.2. The third-order valence-electron chi connectivity index (χ3n) is 2.07. The van der Waals surface area contributed by atoms with Gasteiger partial charge < -0.3 is 14.5 Å². The first-order valence-electron chi connectivity index (χ1n) is 5.36. The summed E-state index contributed by atoms with van der Waals surface area (Å²) in [6.07, 6.45) is 1.61. The van der Waals surface area contributed by atoms with Crippen molar-refractivity contribution >= 4 is 17.6 Å². The summed E-state index contributed by atoms with van der Waals surface area (Å²) in [4.78, 5) is 12.9. The van der Waals surface area contributed by atoms with Crippen LogP contribution in [0.1, 0.15) is 11.5 Å². The van der Waals surface area contributed by atoms with E-state index < -0.39 is 0 Å². The number of hydrogen-bond donors (Lipinski definition) is 1. The van der Waals surface area contributed by atoms with Gasteiger partial charge >= 0.3 is 0 Å². The third-order valence-corrected chi connectivity index (χ3v) is 2.85. The first kappa shape index (κ1) is 12.8. The molecule has 0 amide bonds. The molecule has 0 fully saturated rings. The maximum absolute atomic E-state index is 5.28. The van der Waals surface area contributed by atoms with Crippen LogP contribution < -0.4 is 5.32 Å². The lowest BCUT2D eigenvalue weighted by Gasteiger charge is -2.05. The van der Waals surface area contributed by atoms with E-state index in [2.05, 4.69) is 20.3 Å². The van der Waals surface area contributed by atoms with Gasteiger partial charge in [-0.15, -0.1) is 0 Å². The van der Waals surface area contributed by atoms with Gasteiger partial charge in [0.2, 0.25) is 0 Å². The number of rotatable bonds is 5. The van der Waals surface area contributed by atoms with Crippen LogP contribution in [0.15, 0.2) is 27.0 Å². The second kappa shape index (κ2) is 5.83. The minimum absolute atomic E-state index is 0.369. The molecule has 2 heterocycles. The number of nitrogens with one attached hydrogen (secondary N) is 1. The Hall–Kier alpha value is -1.60. The molecule has 18 heavy (non-hydrogen) atoms. The van der Waals surface area contributed by atoms with Crippen molar-refractivity contribution in [3.63, 3.8) is 0 Å². The molecule has 6 nitrogen and oxygen atoms in total. The maximum atomic E-state index is 5.28. The Balaban J connectivity index is 2.23. The molecule has 2 aromatic heterocycles. The number of ether oxygens (including phenoxy) is 1. The fourth-order valence-corrected chi connectivity index (χ4v) is 2.10. The molecule has 2 rings (SSSR count). The summed E-state index contributed by atoms with van der Waals surface area (Å²) in [6.45, 7) is 2.25. The van der Waals surface area contributed by atoms with Crippen molar-refractivity contribution in [3.8, 4) is 0 Å². The van der Waals surface area contributed by atoms with Crippen molar-refractivity contribution in [2.75, 3.05) is 19.5 Å². The largest absolute Gasteiger partial charge is 0.439 e. The second-order valence-corrected chi connectivity index (χ2v) is 4.52. The lowest BCUT2D eigenvalue weighted by molar-refractivity contribution is 0.177. The van der Waals surface area contributed by atoms with Gasteiger partial charge in [-0.2, -0.15) is 0 Å². The Morgan fingerprint density at radius 3 is 2.83 bits per heavy atom. The molecular weight excluding hydrogens is 252 g/mol. The molecule has 0 aliphatic heterocycles. The molecule has 0 saturated heterocycles. The maximum Gasteiger partial charge on any atom is 0.262 e. The first-order chi connectivity index (χ1) is 8.71. The van der Waals surface area contributed by atoms with Crippen LogP contribution in [0.2, 0.25) is 0 Å². The predicted molar refractivity (Wildman–Crippen MR) is 67.7 cm³/mol. The molecule has 0 unspecified atom stereocenters. The number of aromatic nitrogens is 3. The summed E-state index contributed by atoms with van der Waals surface area (Å²) in [7, 11) is 3.42. The Bertz CT molecular complexity index is 530. The molecule has 0 bridgehead atoms. The number of aryl methyl sites for hydroxylation is 1. The van der Waals surface area contributed by atoms with E-state index in [4.69, 9.17) is 9.15 Å². The van der Waals surface area contributed by atoms with E-state index in [-0.39, 0.29) is 0 Å². The monoisotopic (exact) mass is 266 g/mol. The average Bonchev–Trinajstić information content (AvgIpc) is 2.75. The van der Waals surface area contributed by atoms with Crippen molar-refractivity contribution in [1.29, 1.82) is 0 Å². The van der Waals surface area contributed by atoms with Crippen LogP contribution in [-0.2, 0) is 11.3 Å². The molecule has 96 valence electrons. The molecule has 7 heteroatoms. The SMILES string of the molecule is CNc1cc(Sc2nc(C)co2)nc(COC)n1. The number of anilines is 1. The van der Waals surface area contributed by atoms with Crippen LogP contribution in [0.3, 0.4) is 0 Å². The highest BCUT2D eigenvalue weighted by atomic mass is 32.2. The van der Waals surface area contributed by atoms with E-state index in [1.54, 1.807) is 13.4 Å². The van der Waals surface area contributed by atoms with Crippen molar-refractivity contribution in [2.24, 2.45) is 0 Å². The molecular formula is C11H14N4O2S.